The first-order chi connectivity index (χ1) is 8.31. The van der Waals surface area contributed by atoms with E-state index in [2.05, 4.69) is 4.98 Å². The number of nitrogens with two attached hydrogens (primary N) is 2. The highest BCUT2D eigenvalue weighted by molar-refractivity contribution is 5.21. The molecule has 0 bridgehead atoms. The van der Waals surface area contributed by atoms with E-state index in [-0.39, 0.29) is 11.9 Å². The topological polar surface area (TPSA) is 113 Å². The van der Waals surface area contributed by atoms with Crippen LogP contribution >= 0.6 is 0 Å². The van der Waals surface area contributed by atoms with E-state index in [0.717, 1.165) is 0 Å². The van der Waals surface area contributed by atoms with Crippen molar-refractivity contribution in [2.24, 2.45) is 11.5 Å². The van der Waals surface area contributed by atoms with Gasteiger partial charge in [0.1, 0.15) is 6.20 Å². The summed E-state index contributed by atoms with van der Waals surface area (Å²) in [6, 6.07) is 0.0161. The van der Waals surface area contributed by atoms with Gasteiger partial charge in [-0.05, 0) is 18.3 Å². The molecule has 0 fully saturated rings. The first-order valence-electron chi connectivity index (χ1n) is 6.05. The Morgan fingerprint density at radius 2 is 2.28 bits per heavy atom. The minimum Gasteiger partial charge on any atom is -0.358 e. The molecule has 7 nitrogen and oxygen atoms in total. The monoisotopic (exact) mass is 255 g/mol. The van der Waals surface area contributed by atoms with Crippen LogP contribution in [0.25, 0.3) is 0 Å². The first kappa shape index (κ1) is 14.6. The molecule has 1 aromatic heterocycles. The second kappa shape index (κ2) is 5.45. The summed E-state index contributed by atoms with van der Waals surface area (Å²) in [4.78, 5) is 14.5. The first-order valence-corrected chi connectivity index (χ1v) is 6.05. The maximum absolute atomic E-state index is 11.0. The van der Waals surface area contributed by atoms with Crippen molar-refractivity contribution in [3.63, 3.8) is 0 Å². The predicted octanol–water partition coefficient (Wildman–Crippen LogP) is 1.25. The van der Waals surface area contributed by atoms with Gasteiger partial charge in [0, 0.05) is 25.8 Å². The Bertz CT molecular complexity index is 429. The molecular weight excluding hydrogens is 234 g/mol. The normalized spacial score (nSPS) is 16.3. The summed E-state index contributed by atoms with van der Waals surface area (Å²) >= 11 is 0. The van der Waals surface area contributed by atoms with Crippen LogP contribution in [0, 0.1) is 17.0 Å². The molecule has 4 N–H and O–H groups in total. The molecule has 0 aliphatic rings. The van der Waals surface area contributed by atoms with Gasteiger partial charge in [0.05, 0.1) is 0 Å². The van der Waals surface area contributed by atoms with Gasteiger partial charge >= 0.3 is 5.82 Å². The van der Waals surface area contributed by atoms with Crippen LogP contribution in [0.4, 0.5) is 5.82 Å². The highest BCUT2D eigenvalue weighted by Gasteiger charge is 2.36. The number of aryl methyl sites for hydroxylation is 1. The molecule has 0 saturated carbocycles. The predicted molar refractivity (Wildman–Crippen MR) is 69.0 cm³/mol. The van der Waals surface area contributed by atoms with Gasteiger partial charge in [-0.3, -0.25) is 5.73 Å². The number of hydrogen-bond donors (Lipinski definition) is 2. The van der Waals surface area contributed by atoms with Gasteiger partial charge in [-0.15, -0.1) is 0 Å². The lowest BCUT2D eigenvalue weighted by Gasteiger charge is -2.27. The number of hydrogen-bond acceptors (Lipinski definition) is 5. The van der Waals surface area contributed by atoms with Crippen molar-refractivity contribution in [1.82, 2.24) is 9.55 Å². The number of aromatic nitrogens is 2. The zero-order chi connectivity index (χ0) is 13.9. The molecule has 0 spiro atoms. The molecule has 7 heteroatoms. The van der Waals surface area contributed by atoms with Gasteiger partial charge < -0.3 is 15.8 Å². The molecule has 0 aliphatic heterocycles. The molecule has 0 saturated heterocycles. The van der Waals surface area contributed by atoms with Crippen LogP contribution in [0.5, 0.6) is 0 Å². The summed E-state index contributed by atoms with van der Waals surface area (Å²) in [7, 11) is 0. The molecule has 2 atom stereocenters. The van der Waals surface area contributed by atoms with Crippen molar-refractivity contribution in [3.05, 3.63) is 22.1 Å². The molecule has 0 amide bonds. The van der Waals surface area contributed by atoms with Crippen LogP contribution in [-0.2, 0) is 5.66 Å². The quantitative estimate of drug-likeness (QED) is 0.586. The Morgan fingerprint density at radius 1 is 1.67 bits per heavy atom. The fraction of sp³-hybridized carbons (Fsp3) is 0.727. The largest absolute Gasteiger partial charge is 0.358 e. The van der Waals surface area contributed by atoms with Gasteiger partial charge in [-0.25, -0.2) is 4.98 Å². The summed E-state index contributed by atoms with van der Waals surface area (Å²) in [5.41, 5.74) is 11.2. The van der Waals surface area contributed by atoms with E-state index in [0.29, 0.717) is 25.1 Å². The van der Waals surface area contributed by atoms with Crippen molar-refractivity contribution in [2.75, 3.05) is 0 Å². The third-order valence-electron chi connectivity index (χ3n) is 3.20. The van der Waals surface area contributed by atoms with Crippen molar-refractivity contribution >= 4 is 5.82 Å². The molecule has 1 rings (SSSR count). The minimum atomic E-state index is -0.809. The van der Waals surface area contributed by atoms with Crippen molar-refractivity contribution in [1.29, 1.82) is 0 Å². The van der Waals surface area contributed by atoms with Crippen molar-refractivity contribution in [3.8, 4) is 0 Å². The molecule has 102 valence electrons. The molecule has 2 unspecified atom stereocenters. The van der Waals surface area contributed by atoms with E-state index >= 15 is 0 Å². The number of nitrogens with zero attached hydrogens (tertiary/aromatic N) is 3. The number of rotatable bonds is 6. The van der Waals surface area contributed by atoms with Crippen LogP contribution in [0.15, 0.2) is 6.20 Å². The lowest BCUT2D eigenvalue weighted by atomic mass is 9.98. The Kier molecular flexibility index (Phi) is 4.42. The summed E-state index contributed by atoms with van der Waals surface area (Å²) < 4.78 is 1.51. The highest BCUT2D eigenvalue weighted by atomic mass is 16.6. The number of nitro groups is 1. The Balaban J connectivity index is 3.14. The lowest BCUT2D eigenvalue weighted by molar-refractivity contribution is -0.393. The molecule has 1 heterocycles. The summed E-state index contributed by atoms with van der Waals surface area (Å²) in [5.74, 6) is 0.484. The van der Waals surface area contributed by atoms with Gasteiger partial charge in [-0.1, -0.05) is 6.92 Å². The van der Waals surface area contributed by atoms with Crippen LogP contribution < -0.4 is 11.5 Å². The average molecular weight is 255 g/mol. The van der Waals surface area contributed by atoms with Crippen molar-refractivity contribution in [2.45, 2.75) is 51.7 Å². The van der Waals surface area contributed by atoms with Gasteiger partial charge in [0.15, 0.2) is 11.5 Å². The Hall–Kier alpha value is -1.47. The zero-order valence-corrected chi connectivity index (χ0v) is 11.1. The fourth-order valence-electron chi connectivity index (χ4n) is 2.04. The van der Waals surface area contributed by atoms with Crippen LogP contribution in [0.1, 0.15) is 38.9 Å². The highest BCUT2D eigenvalue weighted by Crippen LogP contribution is 2.28. The third kappa shape index (κ3) is 2.85. The molecule has 0 aromatic carbocycles. The summed E-state index contributed by atoms with van der Waals surface area (Å²) in [5, 5.41) is 11.0. The molecule has 0 radical (unpaired) electrons. The van der Waals surface area contributed by atoms with Crippen LogP contribution in [-0.4, -0.2) is 20.5 Å². The Labute approximate surface area is 106 Å². The lowest BCUT2D eigenvalue weighted by Crippen LogP contribution is -2.44. The van der Waals surface area contributed by atoms with Gasteiger partial charge in [0.2, 0.25) is 0 Å². The maximum atomic E-state index is 11.0. The van der Waals surface area contributed by atoms with Crippen LogP contribution in [0.2, 0.25) is 0 Å². The van der Waals surface area contributed by atoms with E-state index in [1.165, 1.54) is 10.8 Å². The standard InChI is InChI=1S/C11H21N5O2/c1-4-11(13,6-5-8(2)12)15-9(3)14-7-10(15)16(17)18/h7-8H,4-6,12-13H2,1-3H3. The van der Waals surface area contributed by atoms with E-state index < -0.39 is 10.6 Å². The van der Waals surface area contributed by atoms with E-state index in [9.17, 15) is 10.1 Å². The smallest absolute Gasteiger partial charge is 0.344 e. The fourth-order valence-corrected chi connectivity index (χ4v) is 2.04. The SMILES string of the molecule is CCC(N)(CCC(C)N)n1c([N+](=O)[O-])cnc1C. The molecule has 0 aliphatic carbocycles. The Morgan fingerprint density at radius 3 is 2.72 bits per heavy atom. The van der Waals surface area contributed by atoms with E-state index in [4.69, 9.17) is 11.5 Å². The number of imidazole rings is 1. The van der Waals surface area contributed by atoms with Gasteiger partial charge in [0.25, 0.3) is 0 Å². The third-order valence-corrected chi connectivity index (χ3v) is 3.20. The zero-order valence-electron chi connectivity index (χ0n) is 11.1. The van der Waals surface area contributed by atoms with E-state index in [1.54, 1.807) is 6.92 Å². The van der Waals surface area contributed by atoms with Crippen LogP contribution in [0.3, 0.4) is 0 Å². The average Bonchev–Trinajstić information content (AvgIpc) is 2.69. The summed E-state index contributed by atoms with van der Waals surface area (Å²) in [6.45, 7) is 5.52. The minimum absolute atomic E-state index is 0.0161. The molecular formula is C11H21N5O2. The van der Waals surface area contributed by atoms with E-state index in [1.807, 2.05) is 13.8 Å². The second-order valence-electron chi connectivity index (χ2n) is 4.73. The molecule has 18 heavy (non-hydrogen) atoms. The second-order valence-corrected chi connectivity index (χ2v) is 4.73. The van der Waals surface area contributed by atoms with Gasteiger partial charge in [-0.2, -0.15) is 4.57 Å². The van der Waals surface area contributed by atoms with Crippen molar-refractivity contribution < 1.29 is 4.92 Å². The molecule has 1 aromatic rings. The maximum Gasteiger partial charge on any atom is 0.344 e. The summed E-state index contributed by atoms with van der Waals surface area (Å²) in [6.07, 6.45) is 3.12.